The van der Waals surface area contributed by atoms with E-state index >= 15 is 0 Å². The van der Waals surface area contributed by atoms with Crippen LogP contribution in [0.2, 0.25) is 0 Å². The van der Waals surface area contributed by atoms with Gasteiger partial charge in [-0.3, -0.25) is 9.69 Å². The molecule has 4 heteroatoms. The van der Waals surface area contributed by atoms with Gasteiger partial charge >= 0.3 is 0 Å². The fourth-order valence-corrected chi connectivity index (χ4v) is 3.56. The molecule has 16 heavy (non-hydrogen) atoms. The summed E-state index contributed by atoms with van der Waals surface area (Å²) < 4.78 is 5.39. The van der Waals surface area contributed by atoms with E-state index in [0.717, 1.165) is 31.7 Å². The van der Waals surface area contributed by atoms with E-state index < -0.39 is 0 Å². The SMILES string of the molecule is CC1CN(Cc2ccc(C=O)o2)CC(C)S1. The van der Waals surface area contributed by atoms with E-state index in [-0.39, 0.29) is 0 Å². The first-order valence-corrected chi connectivity index (χ1v) is 6.53. The van der Waals surface area contributed by atoms with E-state index in [0.29, 0.717) is 16.3 Å². The molecule has 1 fully saturated rings. The molecule has 1 saturated heterocycles. The molecule has 2 heterocycles. The molecule has 1 aromatic rings. The zero-order valence-electron chi connectivity index (χ0n) is 9.68. The smallest absolute Gasteiger partial charge is 0.185 e. The van der Waals surface area contributed by atoms with Crippen molar-refractivity contribution in [3.8, 4) is 0 Å². The average Bonchev–Trinajstić information content (AvgIpc) is 2.64. The summed E-state index contributed by atoms with van der Waals surface area (Å²) in [5.41, 5.74) is 0. The number of aldehydes is 1. The van der Waals surface area contributed by atoms with Crippen molar-refractivity contribution in [3.63, 3.8) is 0 Å². The maximum atomic E-state index is 10.5. The molecule has 88 valence electrons. The van der Waals surface area contributed by atoms with Gasteiger partial charge in [0.1, 0.15) is 5.76 Å². The number of rotatable bonds is 3. The van der Waals surface area contributed by atoms with E-state index in [1.165, 1.54) is 0 Å². The van der Waals surface area contributed by atoms with Gasteiger partial charge < -0.3 is 4.42 Å². The van der Waals surface area contributed by atoms with Crippen LogP contribution in [0.15, 0.2) is 16.5 Å². The van der Waals surface area contributed by atoms with Crippen LogP contribution in [-0.4, -0.2) is 34.8 Å². The Balaban J connectivity index is 1.95. The summed E-state index contributed by atoms with van der Waals surface area (Å²) in [7, 11) is 0. The highest BCUT2D eigenvalue weighted by Gasteiger charge is 2.22. The number of carbonyl (C=O) groups excluding carboxylic acids is 1. The van der Waals surface area contributed by atoms with Crippen LogP contribution in [0.3, 0.4) is 0 Å². The molecule has 0 aliphatic carbocycles. The van der Waals surface area contributed by atoms with Crippen molar-refractivity contribution in [3.05, 3.63) is 23.7 Å². The number of nitrogens with zero attached hydrogens (tertiary/aromatic N) is 1. The summed E-state index contributed by atoms with van der Waals surface area (Å²) in [4.78, 5) is 12.9. The standard InChI is InChI=1S/C12H17NO2S/c1-9-5-13(6-10(2)16-9)7-11-3-4-12(8-14)15-11/h3-4,8-10H,5-7H2,1-2H3. The van der Waals surface area contributed by atoms with Crippen LogP contribution in [0.5, 0.6) is 0 Å². The van der Waals surface area contributed by atoms with Crippen molar-refractivity contribution >= 4 is 18.0 Å². The average molecular weight is 239 g/mol. The number of furan rings is 1. The lowest BCUT2D eigenvalue weighted by Gasteiger charge is -2.33. The van der Waals surface area contributed by atoms with Gasteiger partial charge in [-0.25, -0.2) is 0 Å². The van der Waals surface area contributed by atoms with Crippen molar-refractivity contribution in [1.29, 1.82) is 0 Å². The quantitative estimate of drug-likeness (QED) is 0.758. The predicted octanol–water partition coefficient (Wildman–Crippen LogP) is 2.42. The van der Waals surface area contributed by atoms with E-state index in [9.17, 15) is 4.79 Å². The molecule has 0 spiro atoms. The van der Waals surface area contributed by atoms with Gasteiger partial charge in [0.2, 0.25) is 0 Å². The fourth-order valence-electron chi connectivity index (χ4n) is 2.18. The molecule has 0 amide bonds. The third-order valence-electron chi connectivity index (χ3n) is 2.67. The second-order valence-corrected chi connectivity index (χ2v) is 6.25. The lowest BCUT2D eigenvalue weighted by molar-refractivity contribution is 0.109. The highest BCUT2D eigenvalue weighted by Crippen LogP contribution is 2.25. The molecule has 2 unspecified atom stereocenters. The van der Waals surface area contributed by atoms with Gasteiger partial charge in [0.05, 0.1) is 6.54 Å². The summed E-state index contributed by atoms with van der Waals surface area (Å²) >= 11 is 2.04. The number of hydrogen-bond acceptors (Lipinski definition) is 4. The summed E-state index contributed by atoms with van der Waals surface area (Å²) in [6.45, 7) is 7.50. The molecule has 0 saturated carbocycles. The van der Waals surface area contributed by atoms with Crippen LogP contribution < -0.4 is 0 Å². The van der Waals surface area contributed by atoms with Crippen LogP contribution >= 0.6 is 11.8 Å². The Morgan fingerprint density at radius 2 is 2.12 bits per heavy atom. The maximum Gasteiger partial charge on any atom is 0.185 e. The lowest BCUT2D eigenvalue weighted by Crippen LogP contribution is -2.39. The first-order chi connectivity index (χ1) is 7.67. The first-order valence-electron chi connectivity index (χ1n) is 5.59. The molecule has 1 aromatic heterocycles. The van der Waals surface area contributed by atoms with Crippen molar-refractivity contribution in [2.75, 3.05) is 13.1 Å². The third kappa shape index (κ3) is 2.89. The van der Waals surface area contributed by atoms with Crippen LogP contribution in [0, 0.1) is 0 Å². The fraction of sp³-hybridized carbons (Fsp3) is 0.583. The van der Waals surface area contributed by atoms with Gasteiger partial charge in [-0.15, -0.1) is 0 Å². The number of carbonyl (C=O) groups is 1. The Bertz CT molecular complexity index is 354. The monoisotopic (exact) mass is 239 g/mol. The van der Waals surface area contributed by atoms with Gasteiger partial charge in [0.25, 0.3) is 0 Å². The number of thioether (sulfide) groups is 1. The third-order valence-corrected chi connectivity index (χ3v) is 3.90. The van der Waals surface area contributed by atoms with Gasteiger partial charge in [-0.2, -0.15) is 11.8 Å². The molecule has 2 rings (SSSR count). The molecule has 3 nitrogen and oxygen atoms in total. The highest BCUT2D eigenvalue weighted by molar-refractivity contribution is 8.00. The summed E-state index contributed by atoms with van der Waals surface area (Å²) in [5.74, 6) is 1.30. The minimum absolute atomic E-state index is 0.419. The Kier molecular flexibility index (Phi) is 3.71. The van der Waals surface area contributed by atoms with Gasteiger partial charge in [-0.05, 0) is 12.1 Å². The molecule has 0 aromatic carbocycles. The Hall–Kier alpha value is -0.740. The molecule has 0 N–H and O–H groups in total. The van der Waals surface area contributed by atoms with Gasteiger partial charge in [-0.1, -0.05) is 13.8 Å². The van der Waals surface area contributed by atoms with E-state index in [4.69, 9.17) is 4.42 Å². The summed E-state index contributed by atoms with van der Waals surface area (Å²) in [6, 6.07) is 3.62. The lowest BCUT2D eigenvalue weighted by atomic mass is 10.3. The molecule has 1 aliphatic rings. The normalized spacial score (nSPS) is 26.9. The highest BCUT2D eigenvalue weighted by atomic mass is 32.2. The van der Waals surface area contributed by atoms with E-state index in [1.54, 1.807) is 6.07 Å². The maximum absolute atomic E-state index is 10.5. The van der Waals surface area contributed by atoms with Crippen LogP contribution in [0.4, 0.5) is 0 Å². The zero-order valence-corrected chi connectivity index (χ0v) is 10.5. The van der Waals surface area contributed by atoms with Crippen molar-refractivity contribution < 1.29 is 9.21 Å². The van der Waals surface area contributed by atoms with Crippen molar-refractivity contribution in [2.45, 2.75) is 30.9 Å². The Morgan fingerprint density at radius 3 is 2.69 bits per heavy atom. The summed E-state index contributed by atoms with van der Waals surface area (Å²) in [6.07, 6.45) is 0.751. The minimum atomic E-state index is 0.419. The molecule has 2 atom stereocenters. The molecular formula is C12H17NO2S. The van der Waals surface area contributed by atoms with Gasteiger partial charge in [0, 0.05) is 23.6 Å². The summed E-state index contributed by atoms with van der Waals surface area (Å²) in [5, 5.41) is 1.34. The second kappa shape index (κ2) is 5.06. The topological polar surface area (TPSA) is 33.5 Å². The van der Waals surface area contributed by atoms with Crippen molar-refractivity contribution in [1.82, 2.24) is 4.90 Å². The zero-order chi connectivity index (χ0) is 11.5. The van der Waals surface area contributed by atoms with Crippen molar-refractivity contribution in [2.24, 2.45) is 0 Å². The molecule has 0 radical (unpaired) electrons. The largest absolute Gasteiger partial charge is 0.457 e. The van der Waals surface area contributed by atoms with Crippen LogP contribution in [0.25, 0.3) is 0 Å². The predicted molar refractivity (Wildman–Crippen MR) is 65.9 cm³/mol. The van der Waals surface area contributed by atoms with E-state index in [1.807, 2.05) is 17.8 Å². The van der Waals surface area contributed by atoms with Crippen LogP contribution in [0.1, 0.15) is 30.2 Å². The molecule has 1 aliphatic heterocycles. The van der Waals surface area contributed by atoms with Crippen LogP contribution in [-0.2, 0) is 6.54 Å². The van der Waals surface area contributed by atoms with E-state index in [2.05, 4.69) is 18.7 Å². The second-order valence-electron chi connectivity index (χ2n) is 4.37. The first kappa shape index (κ1) is 11.7. The van der Waals surface area contributed by atoms with Gasteiger partial charge in [0.15, 0.2) is 12.0 Å². The molecule has 0 bridgehead atoms. The number of hydrogen-bond donors (Lipinski definition) is 0. The Morgan fingerprint density at radius 1 is 1.44 bits per heavy atom. The molecular weight excluding hydrogens is 222 g/mol. The Labute approximate surface area is 100 Å². The minimum Gasteiger partial charge on any atom is -0.457 e.